The molecule has 3 heterocycles. The summed E-state index contributed by atoms with van der Waals surface area (Å²) in [5.74, 6) is 0.0236. The smallest absolute Gasteiger partial charge is 0.338 e. The number of nitrogens with zero attached hydrogens (tertiary/aromatic N) is 2. The number of aromatic nitrogens is 1. The lowest BCUT2D eigenvalue weighted by molar-refractivity contribution is -0.139. The molecular formula is C27H20BrClN2O4S2. The van der Waals surface area contributed by atoms with E-state index in [0.717, 1.165) is 14.9 Å². The molecule has 0 N–H and O–H groups in total. The second-order valence-electron chi connectivity index (χ2n) is 8.05. The van der Waals surface area contributed by atoms with E-state index in [9.17, 15) is 9.59 Å². The quantitative estimate of drug-likeness (QED) is 0.250. The number of esters is 1. The molecule has 0 radical (unpaired) electrons. The van der Waals surface area contributed by atoms with Gasteiger partial charge < -0.3 is 9.15 Å². The predicted molar refractivity (Wildman–Crippen MR) is 149 cm³/mol. The van der Waals surface area contributed by atoms with E-state index in [0.29, 0.717) is 36.5 Å². The third-order valence-electron chi connectivity index (χ3n) is 5.60. The largest absolute Gasteiger partial charge is 0.463 e. The summed E-state index contributed by atoms with van der Waals surface area (Å²) < 4.78 is 14.1. The van der Waals surface area contributed by atoms with E-state index in [2.05, 4.69) is 20.9 Å². The number of thiazole rings is 1. The molecule has 2 aromatic heterocycles. The van der Waals surface area contributed by atoms with Gasteiger partial charge in [0.15, 0.2) is 9.89 Å². The first-order valence-corrected chi connectivity index (χ1v) is 14.1. The second kappa shape index (κ2) is 10.9. The van der Waals surface area contributed by atoms with Crippen LogP contribution in [0.3, 0.4) is 0 Å². The van der Waals surface area contributed by atoms with Gasteiger partial charge in [-0.15, -0.1) is 0 Å². The Morgan fingerprint density at radius 1 is 1.24 bits per heavy atom. The highest BCUT2D eigenvalue weighted by Gasteiger charge is 2.33. The second-order valence-corrected chi connectivity index (χ2v) is 11.4. The summed E-state index contributed by atoms with van der Waals surface area (Å²) in [6.07, 6.45) is 1.70. The third kappa shape index (κ3) is 5.27. The number of fused-ring (bicyclic) bond motifs is 1. The predicted octanol–water partition coefficient (Wildman–Crippen LogP) is 5.96. The van der Waals surface area contributed by atoms with Gasteiger partial charge in [0.05, 0.1) is 32.9 Å². The zero-order valence-electron chi connectivity index (χ0n) is 19.7. The Morgan fingerprint density at radius 3 is 2.68 bits per heavy atom. The SMILES string of the molecule is CCOC(=O)C1=C(C)N=c2s/c(=C/c3cc(Br)c(Sc4ccccc4)o3)c(=O)n2[C@@H]1c1ccc(Cl)cc1. The van der Waals surface area contributed by atoms with Crippen LogP contribution in [0, 0.1) is 0 Å². The van der Waals surface area contributed by atoms with Crippen LogP contribution in [0.4, 0.5) is 0 Å². The lowest BCUT2D eigenvalue weighted by Crippen LogP contribution is -2.39. The molecule has 0 saturated heterocycles. The van der Waals surface area contributed by atoms with E-state index in [1.54, 1.807) is 44.2 Å². The Kier molecular flexibility index (Phi) is 7.57. The number of rotatable bonds is 6. The average molecular weight is 616 g/mol. The number of allylic oxidation sites excluding steroid dienone is 1. The van der Waals surface area contributed by atoms with Crippen molar-refractivity contribution in [1.82, 2.24) is 4.57 Å². The van der Waals surface area contributed by atoms with E-state index in [4.69, 9.17) is 20.8 Å². The molecule has 0 aliphatic carbocycles. The molecule has 5 rings (SSSR count). The molecule has 188 valence electrons. The van der Waals surface area contributed by atoms with Gasteiger partial charge in [0.2, 0.25) is 0 Å². The summed E-state index contributed by atoms with van der Waals surface area (Å²) in [6, 6.07) is 18.1. The van der Waals surface area contributed by atoms with Gasteiger partial charge in [-0.3, -0.25) is 9.36 Å². The molecule has 6 nitrogen and oxygen atoms in total. The molecule has 0 bridgehead atoms. The Balaban J connectivity index is 1.61. The fourth-order valence-corrected chi connectivity index (χ4v) is 6.49. The van der Waals surface area contributed by atoms with Crippen LogP contribution in [0.25, 0.3) is 6.08 Å². The molecule has 1 aliphatic rings. The van der Waals surface area contributed by atoms with Crippen LogP contribution in [-0.2, 0) is 9.53 Å². The van der Waals surface area contributed by atoms with Crippen LogP contribution < -0.4 is 14.9 Å². The van der Waals surface area contributed by atoms with Crippen LogP contribution in [0.2, 0.25) is 5.02 Å². The maximum atomic E-state index is 13.7. The maximum Gasteiger partial charge on any atom is 0.338 e. The summed E-state index contributed by atoms with van der Waals surface area (Å²) in [5.41, 5.74) is 1.29. The van der Waals surface area contributed by atoms with Crippen molar-refractivity contribution in [1.29, 1.82) is 0 Å². The molecule has 1 atom stereocenters. The first kappa shape index (κ1) is 25.8. The molecule has 0 spiro atoms. The number of hydrogen-bond donors (Lipinski definition) is 0. The molecule has 4 aromatic rings. The summed E-state index contributed by atoms with van der Waals surface area (Å²) >= 11 is 12.4. The average Bonchev–Trinajstić information content (AvgIpc) is 3.37. The van der Waals surface area contributed by atoms with Crippen molar-refractivity contribution in [2.75, 3.05) is 6.61 Å². The summed E-state index contributed by atoms with van der Waals surface area (Å²) in [6.45, 7) is 3.71. The van der Waals surface area contributed by atoms with Crippen LogP contribution in [0.15, 0.2) is 101 Å². The zero-order chi connectivity index (χ0) is 26.1. The standard InChI is InChI=1S/C27H20BrClN2O4S2/c1-3-34-25(33)22-15(2)30-27-31(23(22)16-9-11-17(29)12-10-16)24(32)21(37-27)14-18-13-20(28)26(35-18)36-19-7-5-4-6-8-19/h4-14,23H,3H2,1-2H3/b21-14+/t23-/m1/s1. The van der Waals surface area contributed by atoms with Gasteiger partial charge in [0.1, 0.15) is 5.76 Å². The highest BCUT2D eigenvalue weighted by Crippen LogP contribution is 2.36. The van der Waals surface area contributed by atoms with E-state index in [1.165, 1.54) is 27.7 Å². The fourth-order valence-electron chi connectivity index (χ4n) is 3.99. The van der Waals surface area contributed by atoms with E-state index >= 15 is 0 Å². The van der Waals surface area contributed by atoms with Crippen molar-refractivity contribution in [3.8, 4) is 0 Å². The van der Waals surface area contributed by atoms with E-state index in [-0.39, 0.29) is 12.2 Å². The van der Waals surface area contributed by atoms with Gasteiger partial charge in [0.25, 0.3) is 5.56 Å². The van der Waals surface area contributed by atoms with Crippen molar-refractivity contribution < 1.29 is 13.9 Å². The van der Waals surface area contributed by atoms with Crippen molar-refractivity contribution >= 4 is 62.7 Å². The fraction of sp³-hybridized carbons (Fsp3) is 0.148. The lowest BCUT2D eigenvalue weighted by atomic mass is 9.96. The molecule has 0 amide bonds. The monoisotopic (exact) mass is 614 g/mol. The van der Waals surface area contributed by atoms with Crippen LogP contribution in [-0.4, -0.2) is 17.1 Å². The normalized spacial score (nSPS) is 15.5. The van der Waals surface area contributed by atoms with Crippen molar-refractivity contribution in [3.63, 3.8) is 0 Å². The van der Waals surface area contributed by atoms with Gasteiger partial charge in [-0.05, 0) is 65.7 Å². The first-order valence-electron chi connectivity index (χ1n) is 11.3. The van der Waals surface area contributed by atoms with Crippen LogP contribution in [0.5, 0.6) is 0 Å². The maximum absolute atomic E-state index is 13.7. The molecule has 0 fully saturated rings. The molecule has 37 heavy (non-hydrogen) atoms. The minimum atomic E-state index is -0.692. The highest BCUT2D eigenvalue weighted by molar-refractivity contribution is 9.10. The van der Waals surface area contributed by atoms with Gasteiger partial charge in [-0.1, -0.05) is 65.0 Å². The number of furan rings is 1. The first-order chi connectivity index (χ1) is 17.9. The van der Waals surface area contributed by atoms with E-state index in [1.807, 2.05) is 36.4 Å². The topological polar surface area (TPSA) is 73.8 Å². The van der Waals surface area contributed by atoms with Gasteiger partial charge in [0, 0.05) is 16.0 Å². The van der Waals surface area contributed by atoms with Crippen LogP contribution in [0.1, 0.15) is 31.2 Å². The van der Waals surface area contributed by atoms with Gasteiger partial charge in [-0.25, -0.2) is 9.79 Å². The lowest BCUT2D eigenvalue weighted by Gasteiger charge is -2.24. The summed E-state index contributed by atoms with van der Waals surface area (Å²) in [5, 5.41) is 1.24. The minimum absolute atomic E-state index is 0.212. The Labute approximate surface area is 234 Å². The Hall–Kier alpha value is -2.85. The molecular weight excluding hydrogens is 596 g/mol. The number of ether oxygens (including phenoxy) is 1. The number of carbonyl (C=O) groups is 1. The Bertz CT molecular complexity index is 1690. The van der Waals surface area contributed by atoms with Crippen molar-refractivity contribution in [2.45, 2.75) is 29.9 Å². The van der Waals surface area contributed by atoms with Crippen molar-refractivity contribution in [2.24, 2.45) is 4.99 Å². The van der Waals surface area contributed by atoms with Crippen LogP contribution >= 0.6 is 50.6 Å². The summed E-state index contributed by atoms with van der Waals surface area (Å²) in [4.78, 5) is 32.8. The van der Waals surface area contributed by atoms with Gasteiger partial charge in [-0.2, -0.15) is 0 Å². The Morgan fingerprint density at radius 2 is 1.97 bits per heavy atom. The van der Waals surface area contributed by atoms with E-state index < -0.39 is 12.0 Å². The molecule has 1 aliphatic heterocycles. The minimum Gasteiger partial charge on any atom is -0.463 e. The number of carbonyl (C=O) groups excluding carboxylic acids is 1. The molecule has 10 heteroatoms. The number of hydrogen-bond acceptors (Lipinski definition) is 7. The molecule has 2 aromatic carbocycles. The third-order valence-corrected chi connectivity index (χ3v) is 8.69. The number of benzene rings is 2. The number of halogens is 2. The van der Waals surface area contributed by atoms with Gasteiger partial charge >= 0.3 is 5.97 Å². The molecule has 0 saturated carbocycles. The highest BCUT2D eigenvalue weighted by atomic mass is 79.9. The zero-order valence-corrected chi connectivity index (χ0v) is 23.7. The molecule has 0 unspecified atom stereocenters. The van der Waals surface area contributed by atoms with Crippen molar-refractivity contribution in [3.05, 3.63) is 112 Å². The summed E-state index contributed by atoms with van der Waals surface area (Å²) in [7, 11) is 0.